The van der Waals surface area contributed by atoms with Crippen molar-refractivity contribution in [1.29, 1.82) is 0 Å². The van der Waals surface area contributed by atoms with Crippen molar-refractivity contribution >= 4 is 5.97 Å². The lowest BCUT2D eigenvalue weighted by Crippen LogP contribution is -2.36. The van der Waals surface area contributed by atoms with Crippen LogP contribution in [-0.4, -0.2) is 30.3 Å². The fourth-order valence-corrected chi connectivity index (χ4v) is 1.29. The number of esters is 1. The van der Waals surface area contributed by atoms with Crippen LogP contribution in [0.15, 0.2) is 0 Å². The molecule has 13 heavy (non-hydrogen) atoms. The molecular weight excluding hydrogens is 170 g/mol. The van der Waals surface area contributed by atoms with Gasteiger partial charge in [0.1, 0.15) is 6.04 Å². The maximum absolute atomic E-state index is 11.0. The summed E-state index contributed by atoms with van der Waals surface area (Å²) in [6, 6.07) is -0.874. The van der Waals surface area contributed by atoms with E-state index >= 15 is 0 Å². The minimum atomic E-state index is -0.874. The molecule has 0 saturated heterocycles. The van der Waals surface area contributed by atoms with Crippen molar-refractivity contribution in [3.8, 4) is 0 Å². The van der Waals surface area contributed by atoms with Crippen LogP contribution in [0.2, 0.25) is 0 Å². The van der Waals surface area contributed by atoms with E-state index in [-0.39, 0.29) is 6.61 Å². The number of rotatable bonds is 5. The van der Waals surface area contributed by atoms with Crippen LogP contribution in [0.5, 0.6) is 0 Å². The van der Waals surface area contributed by atoms with Gasteiger partial charge in [0.25, 0.3) is 0 Å². The Labute approximate surface area is 78.1 Å². The van der Waals surface area contributed by atoms with Crippen molar-refractivity contribution in [2.75, 3.05) is 13.2 Å². The average molecular weight is 187 g/mol. The third-order valence-electron chi connectivity index (χ3n) is 2.49. The Bertz CT molecular complexity index is 168. The zero-order valence-corrected chi connectivity index (χ0v) is 7.74. The van der Waals surface area contributed by atoms with Crippen LogP contribution in [0.3, 0.4) is 0 Å². The predicted molar refractivity (Wildman–Crippen MR) is 48.0 cm³/mol. The van der Waals surface area contributed by atoms with Crippen LogP contribution in [0.4, 0.5) is 0 Å². The number of nitrogens with two attached hydrogens (primary N) is 1. The van der Waals surface area contributed by atoms with Gasteiger partial charge in [-0.3, -0.25) is 4.79 Å². The van der Waals surface area contributed by atoms with Crippen LogP contribution < -0.4 is 5.73 Å². The number of hydrogen-bond acceptors (Lipinski definition) is 4. The Morgan fingerprint density at radius 3 is 2.77 bits per heavy atom. The molecule has 0 bridgehead atoms. The summed E-state index contributed by atoms with van der Waals surface area (Å²) in [7, 11) is 0. The molecule has 1 aliphatic rings. The van der Waals surface area contributed by atoms with Gasteiger partial charge in [0.2, 0.25) is 0 Å². The summed E-state index contributed by atoms with van der Waals surface area (Å²) in [5.74, 6) is 0.236. The van der Waals surface area contributed by atoms with Gasteiger partial charge in [0.05, 0.1) is 13.2 Å². The van der Waals surface area contributed by atoms with E-state index in [9.17, 15) is 4.79 Å². The summed E-state index contributed by atoms with van der Waals surface area (Å²) in [4.78, 5) is 11.0. The third kappa shape index (κ3) is 3.32. The van der Waals surface area contributed by atoms with E-state index in [1.54, 1.807) is 0 Å². The van der Waals surface area contributed by atoms with Crippen molar-refractivity contribution in [2.45, 2.75) is 31.7 Å². The number of aliphatic hydroxyl groups excluding tert-OH is 1. The minimum absolute atomic E-state index is 0.345. The van der Waals surface area contributed by atoms with Crippen LogP contribution >= 0.6 is 0 Å². The van der Waals surface area contributed by atoms with Crippen LogP contribution in [-0.2, 0) is 9.53 Å². The van der Waals surface area contributed by atoms with Crippen LogP contribution in [0.1, 0.15) is 25.7 Å². The Kier molecular flexibility index (Phi) is 4.18. The van der Waals surface area contributed by atoms with E-state index in [2.05, 4.69) is 0 Å². The molecule has 0 aromatic heterocycles. The summed E-state index contributed by atoms with van der Waals surface area (Å²) in [6.07, 6.45) is 4.74. The van der Waals surface area contributed by atoms with Crippen LogP contribution in [0.25, 0.3) is 0 Å². The summed E-state index contributed by atoms with van der Waals surface area (Å²) in [5, 5.41) is 8.55. The molecule has 1 fully saturated rings. The Balaban J connectivity index is 2.00. The van der Waals surface area contributed by atoms with E-state index in [4.69, 9.17) is 15.6 Å². The van der Waals surface area contributed by atoms with E-state index < -0.39 is 12.0 Å². The molecule has 3 N–H and O–H groups in total. The van der Waals surface area contributed by atoms with Crippen molar-refractivity contribution in [3.63, 3.8) is 0 Å². The molecule has 1 aliphatic carbocycles. The summed E-state index contributed by atoms with van der Waals surface area (Å²) in [5.41, 5.74) is 5.26. The van der Waals surface area contributed by atoms with Crippen LogP contribution in [0, 0.1) is 5.92 Å². The van der Waals surface area contributed by atoms with Gasteiger partial charge in [-0.25, -0.2) is 0 Å². The largest absolute Gasteiger partial charge is 0.464 e. The fourth-order valence-electron chi connectivity index (χ4n) is 1.29. The van der Waals surface area contributed by atoms with Gasteiger partial charge in [-0.05, 0) is 12.3 Å². The number of hydrogen-bond donors (Lipinski definition) is 2. The quantitative estimate of drug-likeness (QED) is 0.596. The second-order valence-corrected chi connectivity index (χ2v) is 3.54. The van der Waals surface area contributed by atoms with E-state index in [0.717, 1.165) is 12.3 Å². The minimum Gasteiger partial charge on any atom is -0.464 e. The molecule has 0 amide bonds. The second-order valence-electron chi connectivity index (χ2n) is 3.54. The number of ether oxygens (including phenoxy) is 1. The van der Waals surface area contributed by atoms with Crippen molar-refractivity contribution < 1.29 is 14.6 Å². The molecule has 0 spiro atoms. The fraction of sp³-hybridized carbons (Fsp3) is 0.889. The maximum Gasteiger partial charge on any atom is 0.325 e. The number of carbonyl (C=O) groups is 1. The van der Waals surface area contributed by atoms with Gasteiger partial charge in [0.15, 0.2) is 0 Å². The molecular formula is C9H17NO3. The molecule has 1 rings (SSSR count). The molecule has 0 aromatic carbocycles. The SMILES string of the molecule is NC(CO)C(=O)OCCC1CCC1. The highest BCUT2D eigenvalue weighted by Crippen LogP contribution is 2.29. The summed E-state index contributed by atoms with van der Waals surface area (Å²) in [6.45, 7) is 0.0967. The van der Waals surface area contributed by atoms with Gasteiger partial charge in [0, 0.05) is 0 Å². The normalized spacial score (nSPS) is 19.2. The zero-order chi connectivity index (χ0) is 9.68. The molecule has 0 heterocycles. The molecule has 4 nitrogen and oxygen atoms in total. The Morgan fingerprint density at radius 1 is 1.62 bits per heavy atom. The molecule has 4 heteroatoms. The lowest BCUT2D eigenvalue weighted by atomic mass is 9.83. The standard InChI is InChI=1S/C9H17NO3/c10-8(6-11)9(12)13-5-4-7-2-1-3-7/h7-8,11H,1-6,10H2. The first-order valence-corrected chi connectivity index (χ1v) is 4.77. The van der Waals surface area contributed by atoms with Gasteiger partial charge >= 0.3 is 5.97 Å². The molecule has 0 aliphatic heterocycles. The Morgan fingerprint density at radius 2 is 2.31 bits per heavy atom. The number of carbonyl (C=O) groups excluding carboxylic acids is 1. The lowest BCUT2D eigenvalue weighted by Gasteiger charge is -2.24. The average Bonchev–Trinajstić information content (AvgIpc) is 2.07. The topological polar surface area (TPSA) is 72.5 Å². The monoisotopic (exact) mass is 187 g/mol. The van der Waals surface area contributed by atoms with Gasteiger partial charge in [-0.15, -0.1) is 0 Å². The van der Waals surface area contributed by atoms with Gasteiger partial charge < -0.3 is 15.6 Å². The van der Waals surface area contributed by atoms with E-state index in [0.29, 0.717) is 6.61 Å². The second kappa shape index (κ2) is 5.19. The molecule has 0 aromatic rings. The summed E-state index contributed by atoms with van der Waals surface area (Å²) < 4.78 is 4.88. The molecule has 0 radical (unpaired) electrons. The first kappa shape index (κ1) is 10.5. The smallest absolute Gasteiger partial charge is 0.325 e. The predicted octanol–water partition coefficient (Wildman–Crippen LogP) is 0.0394. The number of aliphatic hydroxyl groups is 1. The Hall–Kier alpha value is -0.610. The highest BCUT2D eigenvalue weighted by Gasteiger charge is 2.18. The highest BCUT2D eigenvalue weighted by atomic mass is 16.5. The first-order chi connectivity index (χ1) is 6.24. The maximum atomic E-state index is 11.0. The molecule has 1 atom stereocenters. The van der Waals surface area contributed by atoms with E-state index in [1.165, 1.54) is 19.3 Å². The van der Waals surface area contributed by atoms with E-state index in [1.807, 2.05) is 0 Å². The lowest BCUT2D eigenvalue weighted by molar-refractivity contribution is -0.146. The van der Waals surface area contributed by atoms with Gasteiger partial charge in [-0.2, -0.15) is 0 Å². The summed E-state index contributed by atoms with van der Waals surface area (Å²) >= 11 is 0. The molecule has 1 unspecified atom stereocenters. The van der Waals surface area contributed by atoms with Crippen molar-refractivity contribution in [3.05, 3.63) is 0 Å². The third-order valence-corrected chi connectivity index (χ3v) is 2.49. The van der Waals surface area contributed by atoms with Crippen molar-refractivity contribution in [2.24, 2.45) is 11.7 Å². The molecule has 1 saturated carbocycles. The first-order valence-electron chi connectivity index (χ1n) is 4.77. The zero-order valence-electron chi connectivity index (χ0n) is 7.74. The molecule has 76 valence electrons. The van der Waals surface area contributed by atoms with Gasteiger partial charge in [-0.1, -0.05) is 19.3 Å². The van der Waals surface area contributed by atoms with Crippen molar-refractivity contribution in [1.82, 2.24) is 0 Å². The highest BCUT2D eigenvalue weighted by molar-refractivity contribution is 5.75.